The summed E-state index contributed by atoms with van der Waals surface area (Å²) >= 11 is 5.80. The van der Waals surface area contributed by atoms with Gasteiger partial charge in [-0.05, 0) is 48.9 Å². The van der Waals surface area contributed by atoms with Gasteiger partial charge in [0.15, 0.2) is 11.5 Å². The minimum Gasteiger partial charge on any atom is -0.490 e. The van der Waals surface area contributed by atoms with Crippen molar-refractivity contribution >= 4 is 17.3 Å². The summed E-state index contributed by atoms with van der Waals surface area (Å²) in [5.41, 5.74) is 2.13. The fraction of sp³-hybridized carbons (Fsp3) is 0.182. The molecule has 0 spiro atoms. The largest absolute Gasteiger partial charge is 0.490 e. The van der Waals surface area contributed by atoms with Crippen molar-refractivity contribution in [1.82, 2.24) is 0 Å². The fourth-order valence-electron chi connectivity index (χ4n) is 2.63. The first-order valence-corrected chi connectivity index (χ1v) is 9.25. The van der Waals surface area contributed by atoms with E-state index in [1.54, 1.807) is 30.3 Å². The zero-order valence-corrected chi connectivity index (χ0v) is 16.1. The molecule has 1 N–H and O–H groups in total. The summed E-state index contributed by atoms with van der Waals surface area (Å²) in [7, 11) is 0. The third-order valence-electron chi connectivity index (χ3n) is 4.07. The van der Waals surface area contributed by atoms with E-state index in [1.165, 1.54) is 18.2 Å². The van der Waals surface area contributed by atoms with Gasteiger partial charge in [0.05, 0.1) is 11.6 Å². The number of halogens is 3. The van der Waals surface area contributed by atoms with Gasteiger partial charge in [-0.3, -0.25) is 0 Å². The van der Waals surface area contributed by atoms with E-state index in [-0.39, 0.29) is 17.4 Å². The Bertz CT molecular complexity index is 950. The van der Waals surface area contributed by atoms with Gasteiger partial charge in [-0.25, -0.2) is 8.78 Å². The number of nitrogens with one attached hydrogen (secondary N) is 1. The van der Waals surface area contributed by atoms with E-state index in [2.05, 4.69) is 5.32 Å². The molecule has 0 bridgehead atoms. The van der Waals surface area contributed by atoms with Crippen molar-refractivity contribution in [2.75, 3.05) is 11.9 Å². The summed E-state index contributed by atoms with van der Waals surface area (Å²) in [5.74, 6) is 0.357. The Morgan fingerprint density at radius 2 is 1.71 bits per heavy atom. The van der Waals surface area contributed by atoms with E-state index in [9.17, 15) is 8.78 Å². The lowest BCUT2D eigenvalue weighted by Gasteiger charge is -2.14. The molecule has 3 aromatic carbocycles. The number of anilines is 1. The van der Waals surface area contributed by atoms with Gasteiger partial charge in [0.2, 0.25) is 0 Å². The minimum atomic E-state index is -0.456. The molecule has 0 amide bonds. The fourth-order valence-corrected chi connectivity index (χ4v) is 2.81. The molecule has 3 nitrogen and oxygen atoms in total. The van der Waals surface area contributed by atoms with Crippen molar-refractivity contribution in [3.8, 4) is 11.5 Å². The van der Waals surface area contributed by atoms with Crippen molar-refractivity contribution < 1.29 is 18.3 Å². The number of benzene rings is 3. The Kier molecular flexibility index (Phi) is 6.71. The lowest BCUT2D eigenvalue weighted by atomic mass is 10.2. The second-order valence-corrected chi connectivity index (χ2v) is 6.48. The van der Waals surface area contributed by atoms with Crippen molar-refractivity contribution in [2.45, 2.75) is 20.1 Å². The van der Waals surface area contributed by atoms with Gasteiger partial charge in [0.25, 0.3) is 0 Å². The molecule has 3 aromatic rings. The van der Waals surface area contributed by atoms with Crippen molar-refractivity contribution in [3.05, 3.63) is 88.4 Å². The van der Waals surface area contributed by atoms with Crippen LogP contribution in [-0.4, -0.2) is 6.61 Å². The Morgan fingerprint density at radius 1 is 0.893 bits per heavy atom. The molecule has 0 aliphatic heterocycles. The average molecular weight is 404 g/mol. The maximum atomic E-state index is 13.8. The molecule has 0 saturated heterocycles. The lowest BCUT2D eigenvalue weighted by Crippen LogP contribution is -2.04. The summed E-state index contributed by atoms with van der Waals surface area (Å²) in [6, 6.07) is 16.5. The van der Waals surface area contributed by atoms with Gasteiger partial charge in [-0.2, -0.15) is 0 Å². The van der Waals surface area contributed by atoms with Crippen LogP contribution in [0, 0.1) is 11.6 Å². The second-order valence-electron chi connectivity index (χ2n) is 6.08. The van der Waals surface area contributed by atoms with Gasteiger partial charge < -0.3 is 14.8 Å². The standard InChI is InChI=1S/C22H20ClF2NO2/c1-2-27-22-11-15(13-26-17-8-9-20(25)18(23)12-17)7-10-21(22)28-14-16-5-3-4-6-19(16)24/h3-12,26H,2,13-14H2,1H3. The van der Waals surface area contributed by atoms with E-state index in [0.29, 0.717) is 35.9 Å². The monoisotopic (exact) mass is 403 g/mol. The van der Waals surface area contributed by atoms with Crippen molar-refractivity contribution in [1.29, 1.82) is 0 Å². The Hall–Kier alpha value is -2.79. The first-order chi connectivity index (χ1) is 13.6. The van der Waals surface area contributed by atoms with E-state index < -0.39 is 5.82 Å². The molecule has 0 fully saturated rings. The quantitative estimate of drug-likeness (QED) is 0.485. The van der Waals surface area contributed by atoms with Crippen LogP contribution in [-0.2, 0) is 13.2 Å². The Morgan fingerprint density at radius 3 is 2.46 bits per heavy atom. The molecule has 6 heteroatoms. The molecule has 0 radical (unpaired) electrons. The van der Waals surface area contributed by atoms with Gasteiger partial charge in [0.1, 0.15) is 18.2 Å². The highest BCUT2D eigenvalue weighted by Crippen LogP contribution is 2.30. The molecule has 0 aliphatic rings. The molecule has 146 valence electrons. The van der Waals surface area contributed by atoms with Crippen LogP contribution in [0.25, 0.3) is 0 Å². The number of hydrogen-bond acceptors (Lipinski definition) is 3. The summed E-state index contributed by atoms with van der Waals surface area (Å²) in [5, 5.41) is 3.25. The topological polar surface area (TPSA) is 30.5 Å². The van der Waals surface area contributed by atoms with E-state index in [4.69, 9.17) is 21.1 Å². The van der Waals surface area contributed by atoms with Crippen LogP contribution in [0.1, 0.15) is 18.1 Å². The van der Waals surface area contributed by atoms with Crippen LogP contribution >= 0.6 is 11.6 Å². The third-order valence-corrected chi connectivity index (χ3v) is 4.35. The van der Waals surface area contributed by atoms with Gasteiger partial charge in [0, 0.05) is 17.8 Å². The van der Waals surface area contributed by atoms with Crippen LogP contribution < -0.4 is 14.8 Å². The Labute approximate surface area is 167 Å². The van der Waals surface area contributed by atoms with Crippen molar-refractivity contribution in [3.63, 3.8) is 0 Å². The highest BCUT2D eigenvalue weighted by atomic mass is 35.5. The molecule has 0 unspecified atom stereocenters. The van der Waals surface area contributed by atoms with E-state index >= 15 is 0 Å². The van der Waals surface area contributed by atoms with Crippen LogP contribution in [0.4, 0.5) is 14.5 Å². The number of rotatable bonds is 8. The van der Waals surface area contributed by atoms with Crippen LogP contribution in [0.2, 0.25) is 5.02 Å². The lowest BCUT2D eigenvalue weighted by molar-refractivity contribution is 0.265. The summed E-state index contributed by atoms with van der Waals surface area (Å²) < 4.78 is 38.4. The van der Waals surface area contributed by atoms with Crippen LogP contribution in [0.15, 0.2) is 60.7 Å². The summed E-state index contributed by atoms with van der Waals surface area (Å²) in [6.07, 6.45) is 0. The molecule has 0 aliphatic carbocycles. The maximum Gasteiger partial charge on any atom is 0.161 e. The molecular weight excluding hydrogens is 384 g/mol. The molecule has 0 atom stereocenters. The molecule has 0 heterocycles. The summed E-state index contributed by atoms with van der Waals surface area (Å²) in [4.78, 5) is 0. The minimum absolute atomic E-state index is 0.0666. The van der Waals surface area contributed by atoms with Crippen LogP contribution in [0.3, 0.4) is 0 Å². The first-order valence-electron chi connectivity index (χ1n) is 8.87. The van der Waals surface area contributed by atoms with Gasteiger partial charge >= 0.3 is 0 Å². The highest BCUT2D eigenvalue weighted by Gasteiger charge is 2.09. The molecule has 28 heavy (non-hydrogen) atoms. The van der Waals surface area contributed by atoms with Gasteiger partial charge in [-0.1, -0.05) is 35.9 Å². The van der Waals surface area contributed by atoms with E-state index in [1.807, 2.05) is 19.1 Å². The zero-order valence-electron chi connectivity index (χ0n) is 15.3. The predicted octanol–water partition coefficient (Wildman–Crippen LogP) is 6.21. The highest BCUT2D eigenvalue weighted by molar-refractivity contribution is 6.31. The number of hydrogen-bond donors (Lipinski definition) is 1. The molecular formula is C22H20ClF2NO2. The zero-order chi connectivity index (χ0) is 19.9. The smallest absolute Gasteiger partial charge is 0.161 e. The molecule has 3 rings (SSSR count). The average Bonchev–Trinajstić information content (AvgIpc) is 2.69. The second kappa shape index (κ2) is 9.42. The van der Waals surface area contributed by atoms with E-state index in [0.717, 1.165) is 5.56 Å². The van der Waals surface area contributed by atoms with Gasteiger partial charge in [-0.15, -0.1) is 0 Å². The normalized spacial score (nSPS) is 10.6. The Balaban J connectivity index is 1.69. The predicted molar refractivity (Wildman–Crippen MR) is 107 cm³/mol. The summed E-state index contributed by atoms with van der Waals surface area (Å²) in [6.45, 7) is 2.96. The number of ether oxygens (including phenoxy) is 2. The molecule has 0 saturated carbocycles. The maximum absolute atomic E-state index is 13.8. The molecule has 0 aromatic heterocycles. The van der Waals surface area contributed by atoms with Crippen LogP contribution in [0.5, 0.6) is 11.5 Å². The van der Waals surface area contributed by atoms with Crippen molar-refractivity contribution in [2.24, 2.45) is 0 Å². The third kappa shape index (κ3) is 5.14. The SMILES string of the molecule is CCOc1cc(CNc2ccc(F)c(Cl)c2)ccc1OCc1ccccc1F. The first kappa shape index (κ1) is 20.0.